The molecule has 2 saturated heterocycles. The number of hydrogen-bond donors (Lipinski definition) is 0. The summed E-state index contributed by atoms with van der Waals surface area (Å²) in [5.74, 6) is -0.0533. The van der Waals surface area contributed by atoms with Gasteiger partial charge in [-0.15, -0.1) is 11.8 Å². The molecule has 2 aromatic carbocycles. The second-order valence-electron chi connectivity index (χ2n) is 7.87. The fourth-order valence-corrected chi connectivity index (χ4v) is 4.83. The Balaban J connectivity index is 1.47. The van der Waals surface area contributed by atoms with Crippen molar-refractivity contribution >= 4 is 23.7 Å². The zero-order valence-electron chi connectivity index (χ0n) is 17.0. The lowest BCUT2D eigenvalue weighted by Gasteiger charge is -2.42. The number of amides is 3. The van der Waals surface area contributed by atoms with Crippen LogP contribution in [0.25, 0.3) is 0 Å². The number of likely N-dealkylation sites (N-methyl/N-ethyl adjacent to an activating group) is 1. The Morgan fingerprint density at radius 2 is 1.52 bits per heavy atom. The normalized spacial score (nSPS) is 19.4. The number of urea groups is 1. The van der Waals surface area contributed by atoms with E-state index < -0.39 is 5.54 Å². The van der Waals surface area contributed by atoms with Crippen LogP contribution in [0.4, 0.5) is 4.79 Å². The molecule has 2 heterocycles. The molecule has 2 aliphatic rings. The molecule has 6 heteroatoms. The summed E-state index contributed by atoms with van der Waals surface area (Å²) in [5, 5.41) is 0. The van der Waals surface area contributed by atoms with E-state index in [1.807, 2.05) is 30.3 Å². The molecule has 0 saturated carbocycles. The maximum atomic E-state index is 13.1. The Hall–Kier alpha value is -2.31. The molecule has 0 atom stereocenters. The monoisotopic (exact) mass is 409 g/mol. The number of carbonyl (C=O) groups is 2. The Kier molecular flexibility index (Phi) is 5.65. The van der Waals surface area contributed by atoms with Crippen LogP contribution in [-0.4, -0.2) is 58.6 Å². The average Bonchev–Trinajstić information content (AvgIpc) is 2.93. The first-order valence-corrected chi connectivity index (χ1v) is 11.2. The summed E-state index contributed by atoms with van der Waals surface area (Å²) in [7, 11) is 1.61. The lowest BCUT2D eigenvalue weighted by atomic mass is 9.85. The largest absolute Gasteiger partial charge is 0.327 e. The van der Waals surface area contributed by atoms with Gasteiger partial charge in [-0.2, -0.15) is 0 Å². The Morgan fingerprint density at radius 1 is 0.897 bits per heavy atom. The number of imide groups is 1. The maximum Gasteiger partial charge on any atom is 0.327 e. The summed E-state index contributed by atoms with van der Waals surface area (Å²) in [5.41, 5.74) is 1.63. The van der Waals surface area contributed by atoms with Gasteiger partial charge in [-0.1, -0.05) is 42.5 Å². The molecule has 29 heavy (non-hydrogen) atoms. The van der Waals surface area contributed by atoms with Crippen LogP contribution in [0.3, 0.4) is 0 Å². The number of thioether (sulfide) groups is 1. The summed E-state index contributed by atoms with van der Waals surface area (Å²) in [6.45, 7) is 2.97. The van der Waals surface area contributed by atoms with E-state index in [0.29, 0.717) is 19.4 Å². The van der Waals surface area contributed by atoms with Crippen LogP contribution in [0.15, 0.2) is 59.5 Å². The van der Waals surface area contributed by atoms with Crippen molar-refractivity contribution in [2.24, 2.45) is 0 Å². The van der Waals surface area contributed by atoms with Gasteiger partial charge in [0.05, 0.1) is 0 Å². The highest BCUT2D eigenvalue weighted by Gasteiger charge is 2.56. The van der Waals surface area contributed by atoms with Crippen LogP contribution < -0.4 is 0 Å². The van der Waals surface area contributed by atoms with Gasteiger partial charge in [-0.05, 0) is 42.4 Å². The highest BCUT2D eigenvalue weighted by Crippen LogP contribution is 2.38. The third-order valence-electron chi connectivity index (χ3n) is 6.17. The molecule has 0 bridgehead atoms. The van der Waals surface area contributed by atoms with Crippen molar-refractivity contribution in [3.63, 3.8) is 0 Å². The molecule has 0 radical (unpaired) electrons. The van der Waals surface area contributed by atoms with E-state index in [1.165, 1.54) is 15.4 Å². The van der Waals surface area contributed by atoms with Gasteiger partial charge in [-0.3, -0.25) is 14.6 Å². The third-order valence-corrected chi connectivity index (χ3v) is 6.91. The molecule has 152 valence electrons. The summed E-state index contributed by atoms with van der Waals surface area (Å²) in [6.07, 6.45) is 3.44. The minimum Gasteiger partial charge on any atom is -0.305 e. The van der Waals surface area contributed by atoms with Gasteiger partial charge in [-0.25, -0.2) is 4.79 Å². The van der Waals surface area contributed by atoms with Crippen LogP contribution in [0, 0.1) is 0 Å². The summed E-state index contributed by atoms with van der Waals surface area (Å²) in [6, 6.07) is 18.4. The number of hydrogen-bond acceptors (Lipinski definition) is 4. The average molecular weight is 410 g/mol. The molecule has 4 rings (SSSR count). The topological polar surface area (TPSA) is 43.9 Å². The smallest absolute Gasteiger partial charge is 0.305 e. The van der Waals surface area contributed by atoms with E-state index in [4.69, 9.17) is 0 Å². The quantitative estimate of drug-likeness (QED) is 0.556. The van der Waals surface area contributed by atoms with Gasteiger partial charge in [0.25, 0.3) is 5.91 Å². The van der Waals surface area contributed by atoms with Crippen LogP contribution in [0.5, 0.6) is 0 Å². The van der Waals surface area contributed by atoms with Gasteiger partial charge in [0.1, 0.15) is 5.54 Å². The van der Waals surface area contributed by atoms with Crippen molar-refractivity contribution < 1.29 is 9.59 Å². The van der Waals surface area contributed by atoms with Gasteiger partial charge in [0.15, 0.2) is 0 Å². The van der Waals surface area contributed by atoms with E-state index >= 15 is 0 Å². The van der Waals surface area contributed by atoms with Crippen molar-refractivity contribution in [2.75, 3.05) is 26.4 Å². The number of rotatable bonds is 5. The molecular weight excluding hydrogens is 382 g/mol. The first-order valence-electron chi connectivity index (χ1n) is 10.0. The third kappa shape index (κ3) is 3.79. The van der Waals surface area contributed by atoms with Crippen molar-refractivity contribution in [3.05, 3.63) is 65.7 Å². The fraction of sp³-hybridized carbons (Fsp3) is 0.391. The molecule has 2 fully saturated rings. The highest BCUT2D eigenvalue weighted by atomic mass is 32.2. The zero-order chi connectivity index (χ0) is 20.4. The molecule has 0 N–H and O–H groups in total. The van der Waals surface area contributed by atoms with Gasteiger partial charge in [0, 0.05) is 38.1 Å². The Bertz CT molecular complexity index is 877. The zero-order valence-corrected chi connectivity index (χ0v) is 17.8. The van der Waals surface area contributed by atoms with E-state index in [0.717, 1.165) is 25.2 Å². The van der Waals surface area contributed by atoms with Crippen molar-refractivity contribution in [1.82, 2.24) is 14.7 Å². The number of carbonyl (C=O) groups excluding carboxylic acids is 2. The van der Waals surface area contributed by atoms with Crippen LogP contribution in [0.2, 0.25) is 0 Å². The molecule has 2 aliphatic heterocycles. The lowest BCUT2D eigenvalue weighted by Crippen LogP contribution is -2.56. The molecule has 2 aromatic rings. The van der Waals surface area contributed by atoms with Crippen LogP contribution in [-0.2, 0) is 17.9 Å². The SMILES string of the molecule is CSc1ccc(CN2CCC3(CC2)C(=O)N(C)C(=O)N3Cc2ccccc2)cc1. The number of nitrogens with zero attached hydrogens (tertiary/aromatic N) is 3. The lowest BCUT2D eigenvalue weighted by molar-refractivity contribution is -0.135. The molecule has 0 aliphatic carbocycles. The Labute approximate surface area is 176 Å². The van der Waals surface area contributed by atoms with Crippen LogP contribution >= 0.6 is 11.8 Å². The van der Waals surface area contributed by atoms with E-state index in [2.05, 4.69) is 35.4 Å². The maximum absolute atomic E-state index is 13.1. The van der Waals surface area contributed by atoms with Gasteiger partial charge >= 0.3 is 6.03 Å². The van der Waals surface area contributed by atoms with Gasteiger partial charge < -0.3 is 4.90 Å². The minimum atomic E-state index is -0.707. The summed E-state index contributed by atoms with van der Waals surface area (Å²) < 4.78 is 0. The predicted molar refractivity (Wildman–Crippen MR) is 116 cm³/mol. The standard InChI is InChI=1S/C23H27N3O2S/c1-24-21(27)23(26(22(24)28)17-18-6-4-3-5-7-18)12-14-25(15-13-23)16-19-8-10-20(29-2)11-9-19/h3-11H,12-17H2,1-2H3. The van der Waals surface area contributed by atoms with Crippen molar-refractivity contribution in [3.8, 4) is 0 Å². The van der Waals surface area contributed by atoms with Crippen LogP contribution in [0.1, 0.15) is 24.0 Å². The second kappa shape index (κ2) is 8.20. The summed E-state index contributed by atoms with van der Waals surface area (Å²) in [4.78, 5) is 32.7. The van der Waals surface area contributed by atoms with E-state index in [1.54, 1.807) is 23.7 Å². The number of benzene rings is 2. The summed E-state index contributed by atoms with van der Waals surface area (Å²) >= 11 is 1.74. The number of likely N-dealkylation sites (tertiary alicyclic amines) is 1. The molecule has 0 aromatic heterocycles. The first-order chi connectivity index (χ1) is 14.0. The second-order valence-corrected chi connectivity index (χ2v) is 8.75. The number of piperidine rings is 1. The fourth-order valence-electron chi connectivity index (χ4n) is 4.42. The molecule has 3 amide bonds. The Morgan fingerprint density at radius 3 is 2.14 bits per heavy atom. The molecule has 5 nitrogen and oxygen atoms in total. The predicted octanol–water partition coefficient (Wildman–Crippen LogP) is 3.84. The first kappa shape index (κ1) is 20.0. The molecule has 0 unspecified atom stereocenters. The van der Waals surface area contributed by atoms with Gasteiger partial charge in [0.2, 0.25) is 0 Å². The molecule has 1 spiro atoms. The highest BCUT2D eigenvalue weighted by molar-refractivity contribution is 7.98. The van der Waals surface area contributed by atoms with E-state index in [-0.39, 0.29) is 11.9 Å². The minimum absolute atomic E-state index is 0.0533. The van der Waals surface area contributed by atoms with Crippen molar-refractivity contribution in [1.29, 1.82) is 0 Å². The van der Waals surface area contributed by atoms with E-state index in [9.17, 15) is 9.59 Å². The molecular formula is C23H27N3O2S. The van der Waals surface area contributed by atoms with Crippen molar-refractivity contribution in [2.45, 2.75) is 36.4 Å².